The Morgan fingerprint density at radius 3 is 2.73 bits per heavy atom. The van der Waals surface area contributed by atoms with E-state index in [0.717, 1.165) is 31.1 Å². The molecule has 7 rings (SSSR count). The van der Waals surface area contributed by atoms with Gasteiger partial charge in [0.25, 0.3) is 5.91 Å². The number of pyridine rings is 1. The van der Waals surface area contributed by atoms with E-state index in [0.29, 0.717) is 54.1 Å². The summed E-state index contributed by atoms with van der Waals surface area (Å²) in [5.74, 6) is -0.529. The lowest BCUT2D eigenvalue weighted by molar-refractivity contribution is -0.139. The number of fused-ring (bicyclic) bond motifs is 3. The quantitative estimate of drug-likeness (QED) is 0.348. The summed E-state index contributed by atoms with van der Waals surface area (Å²) in [6, 6.07) is 6.44. The first-order chi connectivity index (χ1) is 23.2. The molecule has 254 valence electrons. The lowest BCUT2D eigenvalue weighted by Gasteiger charge is -2.26. The lowest BCUT2D eigenvalue weighted by atomic mass is 10.1. The van der Waals surface area contributed by atoms with Crippen molar-refractivity contribution in [1.29, 1.82) is 0 Å². The van der Waals surface area contributed by atoms with Crippen LogP contribution in [-0.4, -0.2) is 77.6 Å². The van der Waals surface area contributed by atoms with E-state index in [-0.39, 0.29) is 31.2 Å². The number of allylic oxidation sites excluding steroid dienone is 1. The highest BCUT2D eigenvalue weighted by atomic mass is 32.2. The maximum atomic E-state index is 14.1. The highest BCUT2D eigenvalue weighted by Crippen LogP contribution is 2.46. The SMILES string of the molecule is COc1ccc2c(O[C@@H]3C[C@H]4C(=O)N[C@]5(C(=O)NS(=O)(=O)C6CC6)C[C@@H]5/C=C\CCCCCCC(=O)N4C3)cc(-c3cscn3)nc2c1. The highest BCUT2D eigenvalue weighted by Gasteiger charge is 2.62. The molecule has 3 fully saturated rings. The van der Waals surface area contributed by atoms with Gasteiger partial charge in [0, 0.05) is 41.7 Å². The first-order valence-corrected chi connectivity index (χ1v) is 19.0. The van der Waals surface area contributed by atoms with Crippen LogP contribution in [0, 0.1) is 5.92 Å². The maximum Gasteiger partial charge on any atom is 0.259 e. The van der Waals surface area contributed by atoms with Crippen LogP contribution in [0.2, 0.25) is 0 Å². The van der Waals surface area contributed by atoms with E-state index >= 15 is 0 Å². The number of hydrogen-bond donors (Lipinski definition) is 2. The van der Waals surface area contributed by atoms with Crippen molar-refractivity contribution >= 4 is 50.0 Å². The molecule has 1 aromatic carbocycles. The number of sulfonamides is 1. The fraction of sp³-hybridized carbons (Fsp3) is 0.500. The van der Waals surface area contributed by atoms with Crippen LogP contribution >= 0.6 is 11.3 Å². The van der Waals surface area contributed by atoms with E-state index in [9.17, 15) is 22.8 Å². The minimum atomic E-state index is -3.82. The molecule has 4 aliphatic rings. The van der Waals surface area contributed by atoms with E-state index in [2.05, 4.69) is 15.0 Å². The molecule has 2 aliphatic carbocycles. The Kier molecular flexibility index (Phi) is 8.88. The Hall–Kier alpha value is -4.04. The van der Waals surface area contributed by atoms with E-state index in [1.807, 2.05) is 41.8 Å². The van der Waals surface area contributed by atoms with Crippen molar-refractivity contribution < 1.29 is 32.3 Å². The Morgan fingerprint density at radius 1 is 1.12 bits per heavy atom. The van der Waals surface area contributed by atoms with Crippen molar-refractivity contribution in [2.45, 2.75) is 87.1 Å². The molecule has 0 spiro atoms. The van der Waals surface area contributed by atoms with E-state index in [4.69, 9.17) is 14.5 Å². The zero-order chi connectivity index (χ0) is 33.5. The number of ether oxygens (including phenoxy) is 2. The molecule has 12 nitrogen and oxygen atoms in total. The van der Waals surface area contributed by atoms with Gasteiger partial charge in [-0.1, -0.05) is 25.0 Å². The summed E-state index contributed by atoms with van der Waals surface area (Å²) in [6.07, 6.45) is 9.50. The van der Waals surface area contributed by atoms with Crippen LogP contribution in [0.4, 0.5) is 0 Å². The van der Waals surface area contributed by atoms with Crippen molar-refractivity contribution in [3.8, 4) is 22.9 Å². The first kappa shape index (κ1) is 32.5. The molecule has 0 bridgehead atoms. The number of benzene rings is 1. The molecular formula is C34H39N5O7S2. The monoisotopic (exact) mass is 693 g/mol. The van der Waals surface area contributed by atoms with Gasteiger partial charge < -0.3 is 19.7 Å². The third-order valence-electron chi connectivity index (χ3n) is 9.70. The van der Waals surface area contributed by atoms with Gasteiger partial charge in [-0.15, -0.1) is 11.3 Å². The standard InChI is InChI=1S/C34H39N5O7S2/c1-45-22-10-13-25-26(14-22)36-27(28-19-47-20-35-28)16-30(25)46-23-15-29-32(41)37-34(33(42)38-48(43,44)24-11-12-24)17-21(34)8-6-4-2-3-5-7-9-31(40)39(29)18-23/h6,8,10,13-14,16,19-21,23-24,29H,2-5,7,9,11-12,15,17-18H2,1H3,(H,37,41)(H,38,42)/b8-6-/t21-,23+,29-,34+/m0/s1. The molecule has 1 saturated heterocycles. The van der Waals surface area contributed by atoms with Gasteiger partial charge in [0.1, 0.15) is 29.2 Å². The van der Waals surface area contributed by atoms with E-state index in [1.54, 1.807) is 17.5 Å². The summed E-state index contributed by atoms with van der Waals surface area (Å²) in [5, 5.41) is 4.98. The number of hydrogen-bond acceptors (Lipinski definition) is 10. The first-order valence-electron chi connectivity index (χ1n) is 16.5. The summed E-state index contributed by atoms with van der Waals surface area (Å²) < 4.78 is 39.7. The van der Waals surface area contributed by atoms with Crippen molar-refractivity contribution in [3.63, 3.8) is 0 Å². The smallest absolute Gasteiger partial charge is 0.259 e. The fourth-order valence-corrected chi connectivity index (χ4v) is 8.63. The Morgan fingerprint density at radius 2 is 1.96 bits per heavy atom. The number of nitrogens with zero attached hydrogens (tertiary/aromatic N) is 3. The molecule has 2 aliphatic heterocycles. The average Bonchev–Trinajstić information content (AvgIpc) is 3.93. The second kappa shape index (κ2) is 13.1. The molecule has 3 aromatic rings. The molecule has 3 amide bonds. The van der Waals surface area contributed by atoms with Crippen LogP contribution in [0.15, 0.2) is 47.3 Å². The van der Waals surface area contributed by atoms with E-state index in [1.165, 1.54) is 11.3 Å². The maximum absolute atomic E-state index is 14.1. The number of thiazole rings is 1. The molecule has 0 radical (unpaired) electrons. The van der Waals surface area contributed by atoms with Gasteiger partial charge in [-0.05, 0) is 50.7 Å². The molecular weight excluding hydrogens is 655 g/mol. The minimum absolute atomic E-state index is 0.149. The van der Waals surface area contributed by atoms with Crippen LogP contribution in [-0.2, 0) is 24.4 Å². The van der Waals surface area contributed by atoms with Gasteiger partial charge in [0.15, 0.2) is 0 Å². The molecule has 4 atom stereocenters. The molecule has 14 heteroatoms. The second-order valence-electron chi connectivity index (χ2n) is 13.1. The molecule has 2 N–H and O–H groups in total. The third-order valence-corrected chi connectivity index (χ3v) is 12.1. The second-order valence-corrected chi connectivity index (χ2v) is 15.8. The van der Waals surface area contributed by atoms with Crippen molar-refractivity contribution in [3.05, 3.63) is 47.3 Å². The van der Waals surface area contributed by atoms with Crippen LogP contribution in [0.1, 0.15) is 64.2 Å². The van der Waals surface area contributed by atoms with Gasteiger partial charge in [-0.3, -0.25) is 19.1 Å². The molecule has 2 aromatic heterocycles. The zero-order valence-corrected chi connectivity index (χ0v) is 28.4. The molecule has 2 saturated carbocycles. The predicted molar refractivity (Wildman–Crippen MR) is 180 cm³/mol. The average molecular weight is 694 g/mol. The normalized spacial score (nSPS) is 27.2. The Bertz CT molecular complexity index is 1860. The van der Waals surface area contributed by atoms with Crippen LogP contribution in [0.5, 0.6) is 11.5 Å². The summed E-state index contributed by atoms with van der Waals surface area (Å²) >= 11 is 1.46. The predicted octanol–water partition coefficient (Wildman–Crippen LogP) is 4.11. The lowest BCUT2D eigenvalue weighted by Crippen LogP contribution is -2.56. The summed E-state index contributed by atoms with van der Waals surface area (Å²) in [6.45, 7) is 0.182. The van der Waals surface area contributed by atoms with Crippen LogP contribution in [0.25, 0.3) is 22.3 Å². The third kappa shape index (κ3) is 6.64. The number of nitrogens with one attached hydrogen (secondary N) is 2. The number of rotatable bonds is 7. The topological polar surface area (TPSA) is 157 Å². The summed E-state index contributed by atoms with van der Waals surface area (Å²) in [7, 11) is -2.23. The van der Waals surface area contributed by atoms with Gasteiger partial charge in [-0.25, -0.2) is 18.4 Å². The van der Waals surface area contributed by atoms with Crippen molar-refractivity contribution in [2.75, 3.05) is 13.7 Å². The summed E-state index contributed by atoms with van der Waals surface area (Å²) in [5.41, 5.74) is 2.30. The van der Waals surface area contributed by atoms with Crippen molar-refractivity contribution in [1.82, 2.24) is 24.9 Å². The van der Waals surface area contributed by atoms with Gasteiger partial charge in [0.05, 0.1) is 41.3 Å². The Labute approximate surface area is 283 Å². The number of amides is 3. The van der Waals surface area contributed by atoms with Gasteiger partial charge in [0.2, 0.25) is 21.8 Å². The Balaban J connectivity index is 1.17. The number of carbonyl (C=O) groups excluding carboxylic acids is 3. The zero-order valence-electron chi connectivity index (χ0n) is 26.7. The molecule has 0 unspecified atom stereocenters. The largest absolute Gasteiger partial charge is 0.497 e. The summed E-state index contributed by atoms with van der Waals surface area (Å²) in [4.78, 5) is 52.0. The highest BCUT2D eigenvalue weighted by molar-refractivity contribution is 7.91. The fourth-order valence-electron chi connectivity index (χ4n) is 6.72. The van der Waals surface area contributed by atoms with Crippen LogP contribution in [0.3, 0.4) is 0 Å². The number of aromatic nitrogens is 2. The molecule has 4 heterocycles. The molecule has 48 heavy (non-hydrogen) atoms. The van der Waals surface area contributed by atoms with Crippen molar-refractivity contribution in [2.24, 2.45) is 5.92 Å². The number of methoxy groups -OCH3 is 1. The number of carbonyl (C=O) groups is 3. The van der Waals surface area contributed by atoms with Crippen LogP contribution < -0.4 is 19.5 Å². The minimum Gasteiger partial charge on any atom is -0.497 e. The van der Waals surface area contributed by atoms with Gasteiger partial charge in [-0.2, -0.15) is 0 Å². The van der Waals surface area contributed by atoms with E-state index < -0.39 is 44.8 Å². The van der Waals surface area contributed by atoms with Gasteiger partial charge >= 0.3 is 0 Å².